The second-order valence-corrected chi connectivity index (χ2v) is 7.96. The van der Waals surface area contributed by atoms with Gasteiger partial charge in [-0.15, -0.1) is 11.3 Å². The first-order valence-corrected chi connectivity index (χ1v) is 9.08. The Morgan fingerprint density at radius 2 is 2.20 bits per heavy atom. The van der Waals surface area contributed by atoms with Crippen LogP contribution in [0.5, 0.6) is 0 Å². The van der Waals surface area contributed by atoms with E-state index in [9.17, 15) is 8.42 Å². The number of pyridine rings is 1. The molecular weight excluding hydrogens is 386 g/mol. The van der Waals surface area contributed by atoms with Crippen LogP contribution in [0.1, 0.15) is 23.7 Å². The van der Waals surface area contributed by atoms with Crippen molar-refractivity contribution in [2.24, 2.45) is 0 Å². The van der Waals surface area contributed by atoms with Crippen LogP contribution in [0.4, 0.5) is 0 Å². The lowest BCUT2D eigenvalue weighted by molar-refractivity contribution is 0.565. The topological polar surface area (TPSA) is 72.0 Å². The molecule has 2 heterocycles. The van der Waals surface area contributed by atoms with E-state index < -0.39 is 16.1 Å². The normalized spacial score (nSPS) is 13.4. The van der Waals surface area contributed by atoms with Crippen LogP contribution in [0.2, 0.25) is 5.15 Å². The molecule has 0 aliphatic rings. The lowest BCUT2D eigenvalue weighted by Crippen LogP contribution is -2.27. The van der Waals surface area contributed by atoms with Crippen molar-refractivity contribution < 1.29 is 8.42 Å². The molecule has 20 heavy (non-hydrogen) atoms. The van der Waals surface area contributed by atoms with E-state index in [1.165, 1.54) is 23.6 Å². The van der Waals surface area contributed by atoms with Crippen LogP contribution in [0.15, 0.2) is 27.0 Å². The highest BCUT2D eigenvalue weighted by molar-refractivity contribution is 9.10. The fraction of sp³-hybridized carbons (Fsp3) is 0.273. The summed E-state index contributed by atoms with van der Waals surface area (Å²) in [4.78, 5) is 8.02. The SMILES string of the molecule is Cc1csc(C(C)NS(=O)(=O)c2cc(Br)cnc2Cl)n1. The van der Waals surface area contributed by atoms with Gasteiger partial charge in [-0.1, -0.05) is 11.6 Å². The average Bonchev–Trinajstić information content (AvgIpc) is 2.78. The molecule has 1 atom stereocenters. The van der Waals surface area contributed by atoms with Gasteiger partial charge in [-0.2, -0.15) is 0 Å². The van der Waals surface area contributed by atoms with Crippen molar-refractivity contribution in [1.82, 2.24) is 14.7 Å². The molecule has 0 amide bonds. The third-order valence-corrected chi connectivity index (χ3v) is 5.95. The third-order valence-electron chi connectivity index (χ3n) is 2.40. The Morgan fingerprint density at radius 1 is 1.50 bits per heavy atom. The van der Waals surface area contributed by atoms with Crippen LogP contribution in [0.25, 0.3) is 0 Å². The van der Waals surface area contributed by atoms with Crippen LogP contribution in [0.3, 0.4) is 0 Å². The maximum atomic E-state index is 12.3. The summed E-state index contributed by atoms with van der Waals surface area (Å²) in [5.74, 6) is 0. The highest BCUT2D eigenvalue weighted by Crippen LogP contribution is 2.25. The fourth-order valence-corrected chi connectivity index (χ4v) is 4.54. The number of sulfonamides is 1. The first kappa shape index (κ1) is 15.8. The second-order valence-electron chi connectivity index (χ2n) is 4.11. The Hall–Kier alpha value is -0.540. The summed E-state index contributed by atoms with van der Waals surface area (Å²) in [5, 5.41) is 2.50. The predicted octanol–water partition coefficient (Wildman–Crippen LogP) is 3.30. The minimum atomic E-state index is -3.76. The molecule has 5 nitrogen and oxygen atoms in total. The van der Waals surface area contributed by atoms with Crippen molar-refractivity contribution in [3.8, 4) is 0 Å². The zero-order valence-corrected chi connectivity index (χ0v) is 14.6. The van der Waals surface area contributed by atoms with Gasteiger partial charge in [-0.05, 0) is 35.8 Å². The summed E-state index contributed by atoms with van der Waals surface area (Å²) >= 11 is 10.4. The van der Waals surface area contributed by atoms with Gasteiger partial charge in [0.25, 0.3) is 0 Å². The number of hydrogen-bond acceptors (Lipinski definition) is 5. The molecule has 2 rings (SSSR count). The summed E-state index contributed by atoms with van der Waals surface area (Å²) in [5.41, 5.74) is 0.859. The second kappa shape index (κ2) is 6.07. The van der Waals surface area contributed by atoms with Crippen molar-refractivity contribution in [3.63, 3.8) is 0 Å². The van der Waals surface area contributed by atoms with Gasteiger partial charge in [0.1, 0.15) is 15.1 Å². The van der Waals surface area contributed by atoms with Gasteiger partial charge in [-0.3, -0.25) is 0 Å². The van der Waals surface area contributed by atoms with Gasteiger partial charge in [0.05, 0.1) is 6.04 Å². The number of rotatable bonds is 4. The van der Waals surface area contributed by atoms with Gasteiger partial charge in [0.2, 0.25) is 10.0 Å². The van der Waals surface area contributed by atoms with E-state index in [2.05, 4.69) is 30.6 Å². The Labute approximate surface area is 134 Å². The van der Waals surface area contributed by atoms with Crippen LogP contribution >= 0.6 is 38.9 Å². The molecule has 0 saturated heterocycles. The molecule has 2 aromatic rings. The standard InChI is InChI=1S/C11H11BrClN3O2S2/c1-6-5-19-11(15-6)7(2)16-20(17,18)9-3-8(12)4-14-10(9)13/h3-5,7,16H,1-2H3. The minimum Gasteiger partial charge on any atom is -0.245 e. The molecule has 1 N–H and O–H groups in total. The fourth-order valence-electron chi connectivity index (χ4n) is 1.51. The number of thiazole rings is 1. The van der Waals surface area contributed by atoms with Crippen LogP contribution in [-0.4, -0.2) is 18.4 Å². The zero-order chi connectivity index (χ0) is 14.9. The molecule has 0 aliphatic carbocycles. The number of aromatic nitrogens is 2. The number of nitrogens with one attached hydrogen (secondary N) is 1. The molecule has 0 radical (unpaired) electrons. The largest absolute Gasteiger partial charge is 0.245 e. The Bertz CT molecular complexity index is 733. The van der Waals surface area contributed by atoms with Crippen molar-refractivity contribution in [2.45, 2.75) is 24.8 Å². The molecule has 9 heteroatoms. The maximum absolute atomic E-state index is 12.3. The number of hydrogen-bond donors (Lipinski definition) is 1. The predicted molar refractivity (Wildman–Crippen MR) is 82.5 cm³/mol. The Kier molecular flexibility index (Phi) is 4.80. The number of halogens is 2. The Morgan fingerprint density at radius 3 is 2.80 bits per heavy atom. The minimum absolute atomic E-state index is 0.0614. The van der Waals surface area contributed by atoms with Crippen molar-refractivity contribution in [2.75, 3.05) is 0 Å². The monoisotopic (exact) mass is 395 g/mol. The average molecular weight is 397 g/mol. The van der Waals surface area contributed by atoms with Crippen molar-refractivity contribution in [3.05, 3.63) is 38.0 Å². The summed E-state index contributed by atoms with van der Waals surface area (Å²) < 4.78 is 27.7. The Balaban J connectivity index is 2.29. The zero-order valence-electron chi connectivity index (χ0n) is 10.6. The molecule has 0 aliphatic heterocycles. The summed E-state index contributed by atoms with van der Waals surface area (Å²) in [7, 11) is -3.76. The molecule has 108 valence electrons. The van der Waals surface area contributed by atoms with E-state index >= 15 is 0 Å². The van der Waals surface area contributed by atoms with Gasteiger partial charge in [0.15, 0.2) is 0 Å². The molecule has 0 bridgehead atoms. The van der Waals surface area contributed by atoms with E-state index in [0.29, 0.717) is 9.48 Å². The highest BCUT2D eigenvalue weighted by atomic mass is 79.9. The molecular formula is C11H11BrClN3O2S2. The number of aryl methyl sites for hydroxylation is 1. The lowest BCUT2D eigenvalue weighted by atomic mass is 10.4. The summed E-state index contributed by atoms with van der Waals surface area (Å²) in [6, 6.07) is 0.978. The lowest BCUT2D eigenvalue weighted by Gasteiger charge is -2.12. The molecule has 0 fully saturated rings. The van der Waals surface area contributed by atoms with Crippen LogP contribution in [0, 0.1) is 6.92 Å². The first-order valence-electron chi connectivity index (χ1n) is 5.55. The van der Waals surface area contributed by atoms with E-state index in [4.69, 9.17) is 11.6 Å². The van der Waals surface area contributed by atoms with Crippen LogP contribution < -0.4 is 4.72 Å². The van der Waals surface area contributed by atoms with Crippen molar-refractivity contribution >= 4 is 48.9 Å². The van der Waals surface area contributed by atoms with Gasteiger partial charge in [0, 0.05) is 21.7 Å². The first-order chi connectivity index (χ1) is 9.29. The summed E-state index contributed by atoms with van der Waals surface area (Å²) in [6.07, 6.45) is 1.44. The van der Waals surface area contributed by atoms with E-state index in [0.717, 1.165) is 5.69 Å². The number of nitrogens with zero attached hydrogens (tertiary/aromatic N) is 2. The smallest absolute Gasteiger partial charge is 0.244 e. The third kappa shape index (κ3) is 3.56. The van der Waals surface area contributed by atoms with Gasteiger partial charge >= 0.3 is 0 Å². The molecule has 0 aromatic carbocycles. The van der Waals surface area contributed by atoms with Gasteiger partial charge < -0.3 is 0 Å². The molecule has 0 saturated carbocycles. The van der Waals surface area contributed by atoms with E-state index in [-0.39, 0.29) is 10.0 Å². The molecule has 0 spiro atoms. The highest BCUT2D eigenvalue weighted by Gasteiger charge is 2.23. The molecule has 2 aromatic heterocycles. The molecule has 1 unspecified atom stereocenters. The maximum Gasteiger partial charge on any atom is 0.244 e. The van der Waals surface area contributed by atoms with E-state index in [1.807, 2.05) is 12.3 Å². The quantitative estimate of drug-likeness (QED) is 0.805. The summed E-state index contributed by atoms with van der Waals surface area (Å²) in [6.45, 7) is 3.59. The van der Waals surface area contributed by atoms with Gasteiger partial charge in [-0.25, -0.2) is 23.1 Å². The van der Waals surface area contributed by atoms with Crippen molar-refractivity contribution in [1.29, 1.82) is 0 Å². The van der Waals surface area contributed by atoms with E-state index in [1.54, 1.807) is 6.92 Å². The van der Waals surface area contributed by atoms with Crippen LogP contribution in [-0.2, 0) is 10.0 Å².